The lowest BCUT2D eigenvalue weighted by Crippen LogP contribution is -1.98. The smallest absolute Gasteiger partial charge is 0.162 e. The van der Waals surface area contributed by atoms with Gasteiger partial charge in [0.15, 0.2) is 5.82 Å². The van der Waals surface area contributed by atoms with Gasteiger partial charge in [0.1, 0.15) is 5.15 Å². The van der Waals surface area contributed by atoms with Crippen molar-refractivity contribution in [1.82, 2.24) is 9.97 Å². The highest BCUT2D eigenvalue weighted by molar-refractivity contribution is 9.11. The van der Waals surface area contributed by atoms with E-state index in [1.807, 2.05) is 18.2 Å². The summed E-state index contributed by atoms with van der Waals surface area (Å²) in [7, 11) is 0. The van der Waals surface area contributed by atoms with E-state index >= 15 is 0 Å². The Bertz CT molecular complexity index is 657. The lowest BCUT2D eigenvalue weighted by Gasteiger charge is -2.09. The molecule has 2 nitrogen and oxygen atoms in total. The van der Waals surface area contributed by atoms with Crippen LogP contribution < -0.4 is 0 Å². The van der Waals surface area contributed by atoms with Gasteiger partial charge in [-0.1, -0.05) is 39.1 Å². The molecule has 0 saturated heterocycles. The van der Waals surface area contributed by atoms with Gasteiger partial charge in [-0.05, 0) is 47.0 Å². The maximum absolute atomic E-state index is 6.19. The van der Waals surface area contributed by atoms with E-state index in [0.29, 0.717) is 21.9 Å². The molecule has 1 saturated carbocycles. The largest absolute Gasteiger partial charge is 0.231 e. The van der Waals surface area contributed by atoms with E-state index in [0.717, 1.165) is 33.0 Å². The van der Waals surface area contributed by atoms with Gasteiger partial charge in [-0.3, -0.25) is 0 Å². The van der Waals surface area contributed by atoms with E-state index in [9.17, 15) is 0 Å². The van der Waals surface area contributed by atoms with Crippen molar-refractivity contribution in [1.29, 1.82) is 0 Å². The summed E-state index contributed by atoms with van der Waals surface area (Å²) in [5.74, 6) is 1.09. The van der Waals surface area contributed by atoms with Gasteiger partial charge < -0.3 is 0 Å². The van der Waals surface area contributed by atoms with Crippen molar-refractivity contribution < 1.29 is 0 Å². The first-order valence-electron chi connectivity index (χ1n) is 5.74. The number of rotatable bonds is 2. The van der Waals surface area contributed by atoms with Crippen molar-refractivity contribution in [2.24, 2.45) is 0 Å². The minimum Gasteiger partial charge on any atom is -0.231 e. The highest BCUT2D eigenvalue weighted by atomic mass is 79.9. The normalized spacial score (nSPS) is 14.7. The van der Waals surface area contributed by atoms with E-state index in [2.05, 4.69) is 41.8 Å². The summed E-state index contributed by atoms with van der Waals surface area (Å²) >= 11 is 19.2. The molecule has 1 aromatic heterocycles. The molecule has 1 aliphatic rings. The van der Waals surface area contributed by atoms with Crippen LogP contribution in [0.4, 0.5) is 0 Å². The van der Waals surface area contributed by atoms with Crippen molar-refractivity contribution in [2.45, 2.75) is 18.8 Å². The number of hydrogen-bond acceptors (Lipinski definition) is 2. The molecule has 0 atom stereocenters. The fraction of sp³-hybridized carbons (Fsp3) is 0.231. The van der Waals surface area contributed by atoms with Gasteiger partial charge in [0.05, 0.1) is 10.2 Å². The summed E-state index contributed by atoms with van der Waals surface area (Å²) in [6.07, 6.45) is 2.31. The van der Waals surface area contributed by atoms with Crippen molar-refractivity contribution in [3.05, 3.63) is 43.0 Å². The average molecular weight is 423 g/mol. The second-order valence-corrected chi connectivity index (χ2v) is 6.88. The van der Waals surface area contributed by atoms with Gasteiger partial charge in [-0.25, -0.2) is 9.97 Å². The van der Waals surface area contributed by atoms with Crippen LogP contribution in [0.3, 0.4) is 0 Å². The molecule has 1 heterocycles. The van der Waals surface area contributed by atoms with Crippen LogP contribution in [0.2, 0.25) is 10.2 Å². The minimum atomic E-state index is 0.443. The van der Waals surface area contributed by atoms with E-state index < -0.39 is 0 Å². The molecule has 6 heteroatoms. The van der Waals surface area contributed by atoms with Crippen molar-refractivity contribution in [2.75, 3.05) is 0 Å². The quantitative estimate of drug-likeness (QED) is 0.567. The average Bonchev–Trinajstić information content (AvgIpc) is 3.20. The van der Waals surface area contributed by atoms with Crippen molar-refractivity contribution in [3.8, 4) is 11.4 Å². The van der Waals surface area contributed by atoms with E-state index in [4.69, 9.17) is 23.2 Å². The van der Waals surface area contributed by atoms with Gasteiger partial charge in [0.2, 0.25) is 0 Å². The van der Waals surface area contributed by atoms with E-state index in [1.165, 1.54) is 0 Å². The third-order valence-corrected chi connectivity index (χ3v) is 5.18. The Labute approximate surface area is 137 Å². The Morgan fingerprint density at radius 3 is 2.53 bits per heavy atom. The fourth-order valence-electron chi connectivity index (χ4n) is 1.85. The van der Waals surface area contributed by atoms with Crippen LogP contribution in [0, 0.1) is 0 Å². The highest BCUT2D eigenvalue weighted by Gasteiger charge is 2.29. The van der Waals surface area contributed by atoms with Crippen LogP contribution in [0.25, 0.3) is 11.4 Å². The van der Waals surface area contributed by atoms with Crippen molar-refractivity contribution >= 4 is 55.1 Å². The first-order chi connectivity index (χ1) is 9.06. The Kier molecular flexibility index (Phi) is 3.87. The molecule has 0 unspecified atom stereocenters. The maximum atomic E-state index is 6.19. The SMILES string of the molecule is Clc1ccc(Br)c(-c2nc(Cl)c(Br)c(C3CC3)n2)c1. The molecule has 0 amide bonds. The zero-order chi connectivity index (χ0) is 13.6. The molecular weight excluding hydrogens is 415 g/mol. The Morgan fingerprint density at radius 1 is 1.11 bits per heavy atom. The summed E-state index contributed by atoms with van der Waals surface area (Å²) in [6, 6.07) is 5.53. The topological polar surface area (TPSA) is 25.8 Å². The lowest BCUT2D eigenvalue weighted by molar-refractivity contribution is 0.979. The first kappa shape index (κ1) is 13.8. The summed E-state index contributed by atoms with van der Waals surface area (Å²) in [5, 5.41) is 1.09. The summed E-state index contributed by atoms with van der Waals surface area (Å²) < 4.78 is 1.70. The summed E-state index contributed by atoms with van der Waals surface area (Å²) in [6.45, 7) is 0. The molecule has 0 aliphatic heterocycles. The Balaban J connectivity index is 2.17. The molecule has 1 fully saturated rings. The predicted octanol–water partition coefficient (Wildman–Crippen LogP) is 5.85. The van der Waals surface area contributed by atoms with Crippen LogP contribution in [0.15, 0.2) is 27.1 Å². The van der Waals surface area contributed by atoms with Gasteiger partial charge in [-0.15, -0.1) is 0 Å². The van der Waals surface area contributed by atoms with E-state index in [-0.39, 0.29) is 0 Å². The monoisotopic (exact) mass is 420 g/mol. The van der Waals surface area contributed by atoms with Crippen LogP contribution in [0.5, 0.6) is 0 Å². The molecule has 1 aliphatic carbocycles. The highest BCUT2D eigenvalue weighted by Crippen LogP contribution is 2.44. The number of aromatic nitrogens is 2. The number of halogens is 4. The van der Waals surface area contributed by atoms with Gasteiger partial charge in [-0.2, -0.15) is 0 Å². The van der Waals surface area contributed by atoms with Crippen LogP contribution in [-0.2, 0) is 0 Å². The zero-order valence-electron chi connectivity index (χ0n) is 9.63. The maximum Gasteiger partial charge on any atom is 0.162 e. The standard InChI is InChI=1S/C13H8Br2Cl2N2/c14-9-4-3-7(16)5-8(9)13-18-11(6-1-2-6)10(15)12(17)19-13/h3-6H,1-2H2. The molecule has 0 spiro atoms. The molecule has 0 radical (unpaired) electrons. The predicted molar refractivity (Wildman–Crippen MR) is 84.9 cm³/mol. The molecular formula is C13H8Br2Cl2N2. The van der Waals surface area contributed by atoms with Crippen LogP contribution >= 0.6 is 55.1 Å². The fourth-order valence-corrected chi connectivity index (χ4v) is 3.13. The third kappa shape index (κ3) is 2.82. The Hall–Kier alpha value is -0.160. The number of nitrogens with zero attached hydrogens (tertiary/aromatic N) is 2. The van der Waals surface area contributed by atoms with Gasteiger partial charge in [0.25, 0.3) is 0 Å². The molecule has 2 aromatic rings. The Morgan fingerprint density at radius 2 is 1.84 bits per heavy atom. The third-order valence-electron chi connectivity index (χ3n) is 2.97. The zero-order valence-corrected chi connectivity index (χ0v) is 14.3. The second-order valence-electron chi connectivity index (χ2n) is 4.44. The lowest BCUT2D eigenvalue weighted by atomic mass is 10.2. The molecule has 0 N–H and O–H groups in total. The molecule has 1 aromatic carbocycles. The van der Waals surface area contributed by atoms with Gasteiger partial charge in [0, 0.05) is 21.0 Å². The molecule has 3 rings (SSSR count). The van der Waals surface area contributed by atoms with Crippen molar-refractivity contribution in [3.63, 3.8) is 0 Å². The number of hydrogen-bond donors (Lipinski definition) is 0. The number of benzene rings is 1. The van der Waals surface area contributed by atoms with Crippen LogP contribution in [0.1, 0.15) is 24.5 Å². The van der Waals surface area contributed by atoms with E-state index in [1.54, 1.807) is 0 Å². The first-order valence-corrected chi connectivity index (χ1v) is 8.09. The summed E-state index contributed by atoms with van der Waals surface area (Å²) in [5.41, 5.74) is 1.84. The molecule has 98 valence electrons. The van der Waals surface area contributed by atoms with Gasteiger partial charge >= 0.3 is 0 Å². The molecule has 0 bridgehead atoms. The summed E-state index contributed by atoms with van der Waals surface area (Å²) in [4.78, 5) is 8.97. The molecule has 19 heavy (non-hydrogen) atoms. The van der Waals surface area contributed by atoms with Crippen LogP contribution in [-0.4, -0.2) is 9.97 Å². The minimum absolute atomic E-state index is 0.443. The second kappa shape index (κ2) is 5.32.